The van der Waals surface area contributed by atoms with Gasteiger partial charge in [-0.2, -0.15) is 4.37 Å². The highest BCUT2D eigenvalue weighted by molar-refractivity contribution is 14.0. The van der Waals surface area contributed by atoms with Gasteiger partial charge in [0.25, 0.3) is 0 Å². The second-order valence-corrected chi connectivity index (χ2v) is 7.11. The number of piperazine rings is 1. The molecule has 1 aliphatic heterocycles. The van der Waals surface area contributed by atoms with E-state index >= 15 is 0 Å². The minimum absolute atomic E-state index is 0. The van der Waals surface area contributed by atoms with Gasteiger partial charge in [0.1, 0.15) is 5.82 Å². The Hall–Kier alpha value is -0.640. The predicted molar refractivity (Wildman–Crippen MR) is 112 cm³/mol. The molecule has 0 amide bonds. The summed E-state index contributed by atoms with van der Waals surface area (Å²) in [7, 11) is 1.88. The summed E-state index contributed by atoms with van der Waals surface area (Å²) in [6.45, 7) is 7.09. The highest BCUT2D eigenvalue weighted by atomic mass is 127. The average Bonchev–Trinajstić information content (AvgIpc) is 3.29. The van der Waals surface area contributed by atoms with Crippen molar-refractivity contribution in [1.29, 1.82) is 0 Å². The Labute approximate surface area is 166 Å². The van der Waals surface area contributed by atoms with Crippen molar-refractivity contribution in [3.8, 4) is 0 Å². The van der Waals surface area contributed by atoms with Crippen molar-refractivity contribution in [2.75, 3.05) is 44.7 Å². The van der Waals surface area contributed by atoms with Crippen molar-refractivity contribution in [3.63, 3.8) is 0 Å². The Morgan fingerprint density at radius 3 is 2.62 bits per heavy atom. The van der Waals surface area contributed by atoms with Gasteiger partial charge in [-0.3, -0.25) is 4.99 Å². The molecule has 0 unspecified atom stereocenters. The van der Waals surface area contributed by atoms with Gasteiger partial charge in [0.15, 0.2) is 5.96 Å². The third kappa shape index (κ3) is 5.44. The van der Waals surface area contributed by atoms with Crippen LogP contribution in [0.5, 0.6) is 0 Å². The summed E-state index contributed by atoms with van der Waals surface area (Å²) in [5, 5.41) is 4.59. The summed E-state index contributed by atoms with van der Waals surface area (Å²) in [5.74, 6) is 3.02. The lowest BCUT2D eigenvalue weighted by molar-refractivity contribution is 0.372. The van der Waals surface area contributed by atoms with Crippen LogP contribution in [0.25, 0.3) is 0 Å². The highest BCUT2D eigenvalue weighted by Gasteiger charge is 2.23. The maximum Gasteiger partial charge on any atom is 0.205 e. The van der Waals surface area contributed by atoms with Crippen molar-refractivity contribution in [2.45, 2.75) is 39.0 Å². The number of nitrogens with zero attached hydrogens (tertiary/aromatic N) is 5. The molecule has 1 saturated carbocycles. The van der Waals surface area contributed by atoms with Crippen molar-refractivity contribution in [2.24, 2.45) is 10.9 Å². The first-order chi connectivity index (χ1) is 11.3. The first kappa shape index (κ1) is 19.7. The van der Waals surface area contributed by atoms with Crippen LogP contribution in [-0.4, -0.2) is 60.0 Å². The molecule has 1 aliphatic carbocycles. The number of anilines is 1. The number of guanidine groups is 1. The number of nitrogens with one attached hydrogen (secondary N) is 1. The maximum atomic E-state index is 4.59. The molecule has 6 nitrogen and oxygen atoms in total. The third-order valence-corrected chi connectivity index (χ3v) is 5.42. The van der Waals surface area contributed by atoms with Crippen molar-refractivity contribution in [3.05, 3.63) is 5.82 Å². The Morgan fingerprint density at radius 1 is 1.29 bits per heavy atom. The molecule has 3 rings (SSSR count). The van der Waals surface area contributed by atoms with Gasteiger partial charge in [-0.05, 0) is 18.8 Å². The van der Waals surface area contributed by atoms with E-state index in [0.29, 0.717) is 0 Å². The van der Waals surface area contributed by atoms with Crippen LogP contribution in [0.15, 0.2) is 4.99 Å². The summed E-state index contributed by atoms with van der Waals surface area (Å²) in [5.41, 5.74) is 0. The van der Waals surface area contributed by atoms with Crippen LogP contribution in [-0.2, 0) is 6.42 Å². The molecule has 8 heteroatoms. The van der Waals surface area contributed by atoms with Crippen LogP contribution >= 0.6 is 35.5 Å². The molecule has 1 aromatic heterocycles. The number of hydrogen-bond acceptors (Lipinski definition) is 5. The van der Waals surface area contributed by atoms with E-state index in [1.807, 2.05) is 7.05 Å². The summed E-state index contributed by atoms with van der Waals surface area (Å²) in [6.07, 6.45) is 6.43. The molecule has 1 N–H and O–H groups in total. The van der Waals surface area contributed by atoms with Crippen LogP contribution in [0.1, 0.15) is 38.4 Å². The molecular weight excluding hydrogens is 435 g/mol. The minimum Gasteiger partial charge on any atom is -0.356 e. The lowest BCUT2D eigenvalue weighted by atomic mass is 10.2. The Kier molecular flexibility index (Phi) is 7.99. The van der Waals surface area contributed by atoms with Crippen LogP contribution in [0.4, 0.5) is 5.13 Å². The van der Waals surface area contributed by atoms with Crippen molar-refractivity contribution in [1.82, 2.24) is 19.6 Å². The quantitative estimate of drug-likeness (QED) is 0.304. The van der Waals surface area contributed by atoms with Crippen LogP contribution in [0, 0.1) is 5.92 Å². The number of aryl methyl sites for hydroxylation is 1. The molecule has 0 spiro atoms. The Balaban J connectivity index is 0.00000208. The van der Waals surface area contributed by atoms with Gasteiger partial charge in [-0.1, -0.05) is 19.8 Å². The summed E-state index contributed by atoms with van der Waals surface area (Å²) < 4.78 is 4.39. The average molecular weight is 464 g/mol. The molecule has 136 valence electrons. The predicted octanol–water partition coefficient (Wildman–Crippen LogP) is 2.61. The summed E-state index contributed by atoms with van der Waals surface area (Å²) >= 11 is 1.52. The fourth-order valence-electron chi connectivity index (χ4n) is 2.96. The fourth-order valence-corrected chi connectivity index (χ4v) is 3.76. The van der Waals surface area contributed by atoms with Crippen LogP contribution < -0.4 is 10.2 Å². The molecule has 0 bridgehead atoms. The molecule has 0 atom stereocenters. The number of aliphatic imine (C=N–C) groups is 1. The minimum atomic E-state index is 0. The Bertz CT molecular complexity index is 522. The standard InChI is InChI=1S/C16H28N6S.HI/c1-3-14-19-16(23-20-14)22-11-9-21(10-12-22)15(17-2)18-8-4-5-13-6-7-13;/h13H,3-12H2,1-2H3,(H,17,18);1H. The van der Waals surface area contributed by atoms with Gasteiger partial charge < -0.3 is 15.1 Å². The molecular formula is C16H29IN6S. The maximum absolute atomic E-state index is 4.59. The van der Waals surface area contributed by atoms with Gasteiger partial charge in [0, 0.05) is 57.7 Å². The van der Waals surface area contributed by atoms with Crippen LogP contribution in [0.2, 0.25) is 0 Å². The largest absolute Gasteiger partial charge is 0.356 e. The zero-order valence-electron chi connectivity index (χ0n) is 14.7. The highest BCUT2D eigenvalue weighted by Crippen LogP contribution is 2.33. The van der Waals surface area contributed by atoms with Gasteiger partial charge in [0.2, 0.25) is 5.13 Å². The number of aromatic nitrogens is 2. The van der Waals surface area contributed by atoms with Crippen molar-refractivity contribution < 1.29 is 0 Å². The van der Waals surface area contributed by atoms with E-state index in [1.165, 1.54) is 37.2 Å². The van der Waals surface area contributed by atoms with Gasteiger partial charge in [-0.15, -0.1) is 24.0 Å². The zero-order chi connectivity index (χ0) is 16.1. The molecule has 2 fully saturated rings. The van der Waals surface area contributed by atoms with E-state index in [1.54, 1.807) is 0 Å². The second kappa shape index (κ2) is 9.74. The number of hydrogen-bond donors (Lipinski definition) is 1. The molecule has 1 aromatic rings. The monoisotopic (exact) mass is 464 g/mol. The van der Waals surface area contributed by atoms with Gasteiger partial charge in [0.05, 0.1) is 0 Å². The first-order valence-corrected chi connectivity index (χ1v) is 9.60. The van der Waals surface area contributed by atoms with E-state index in [9.17, 15) is 0 Å². The lowest BCUT2D eigenvalue weighted by Gasteiger charge is -2.36. The van der Waals surface area contributed by atoms with Gasteiger partial charge in [-0.25, -0.2) is 4.98 Å². The van der Waals surface area contributed by atoms with E-state index in [4.69, 9.17) is 0 Å². The molecule has 2 aliphatic rings. The Morgan fingerprint density at radius 2 is 2.04 bits per heavy atom. The third-order valence-electron chi connectivity index (χ3n) is 4.60. The smallest absolute Gasteiger partial charge is 0.205 e. The molecule has 1 saturated heterocycles. The number of halogens is 1. The first-order valence-electron chi connectivity index (χ1n) is 8.83. The van der Waals surface area contributed by atoms with E-state index in [2.05, 4.69) is 36.4 Å². The summed E-state index contributed by atoms with van der Waals surface area (Å²) in [4.78, 5) is 13.7. The molecule has 0 aromatic carbocycles. The lowest BCUT2D eigenvalue weighted by Crippen LogP contribution is -2.52. The summed E-state index contributed by atoms with van der Waals surface area (Å²) in [6, 6.07) is 0. The normalized spacial score (nSPS) is 18.5. The van der Waals surface area contributed by atoms with E-state index < -0.39 is 0 Å². The topological polar surface area (TPSA) is 56.7 Å². The van der Waals surface area contributed by atoms with E-state index in [-0.39, 0.29) is 24.0 Å². The molecule has 2 heterocycles. The van der Waals surface area contributed by atoms with Crippen molar-refractivity contribution >= 4 is 46.6 Å². The second-order valence-electron chi connectivity index (χ2n) is 6.38. The van der Waals surface area contributed by atoms with Gasteiger partial charge >= 0.3 is 0 Å². The molecule has 24 heavy (non-hydrogen) atoms. The fraction of sp³-hybridized carbons (Fsp3) is 0.812. The van der Waals surface area contributed by atoms with E-state index in [0.717, 1.165) is 62.0 Å². The number of rotatable bonds is 6. The van der Waals surface area contributed by atoms with Crippen LogP contribution in [0.3, 0.4) is 0 Å². The SMILES string of the molecule is CCc1nsc(N2CCN(C(=NC)NCCCC3CC3)CC2)n1.I. The molecule has 0 radical (unpaired) electrons. The zero-order valence-corrected chi connectivity index (χ0v) is 17.8.